The Hall–Kier alpha value is -3.85. The number of rotatable bonds is 13. The second-order valence-electron chi connectivity index (χ2n) is 9.77. The fourth-order valence-electron chi connectivity index (χ4n) is 4.25. The summed E-state index contributed by atoms with van der Waals surface area (Å²) in [5.41, 5.74) is 2.07. The first-order valence-corrected chi connectivity index (χ1v) is 14.9. The SMILES string of the molecule is CC[C@@H](C)NC(=O)[C@@H](CC)N(Cc1ccc(OC)cc1)C(=O)CN(c1ccccc1)S(=O)(=O)c1ccc(C)cc1. The molecule has 3 rings (SSSR count). The van der Waals surface area contributed by atoms with Gasteiger partial charge in [0.25, 0.3) is 10.0 Å². The van der Waals surface area contributed by atoms with Crippen molar-refractivity contribution < 1.29 is 22.7 Å². The van der Waals surface area contributed by atoms with Crippen LogP contribution in [-0.4, -0.2) is 50.9 Å². The molecule has 0 heterocycles. The van der Waals surface area contributed by atoms with Gasteiger partial charge in [0, 0.05) is 12.6 Å². The minimum Gasteiger partial charge on any atom is -0.497 e. The second-order valence-corrected chi connectivity index (χ2v) is 11.6. The van der Waals surface area contributed by atoms with Gasteiger partial charge in [-0.1, -0.05) is 61.9 Å². The van der Waals surface area contributed by atoms with Crippen LogP contribution in [0.25, 0.3) is 0 Å². The van der Waals surface area contributed by atoms with Crippen molar-refractivity contribution in [2.24, 2.45) is 0 Å². The number of amides is 2. The van der Waals surface area contributed by atoms with E-state index in [1.807, 2.05) is 39.8 Å². The van der Waals surface area contributed by atoms with E-state index in [4.69, 9.17) is 4.74 Å². The van der Waals surface area contributed by atoms with Gasteiger partial charge in [0.2, 0.25) is 11.8 Å². The van der Waals surface area contributed by atoms with Crippen molar-refractivity contribution >= 4 is 27.5 Å². The largest absolute Gasteiger partial charge is 0.497 e. The van der Waals surface area contributed by atoms with Crippen LogP contribution in [0.4, 0.5) is 5.69 Å². The molecule has 214 valence electrons. The van der Waals surface area contributed by atoms with Gasteiger partial charge in [0.05, 0.1) is 17.7 Å². The maximum absolute atomic E-state index is 14.1. The van der Waals surface area contributed by atoms with Gasteiger partial charge in [-0.05, 0) is 68.7 Å². The molecular weight excluding hydrogens is 526 g/mol. The lowest BCUT2D eigenvalue weighted by Crippen LogP contribution is -2.53. The first-order chi connectivity index (χ1) is 19.1. The van der Waals surface area contributed by atoms with E-state index >= 15 is 0 Å². The van der Waals surface area contributed by atoms with Crippen molar-refractivity contribution in [1.29, 1.82) is 0 Å². The topological polar surface area (TPSA) is 96.0 Å². The molecular formula is C31H39N3O5S. The van der Waals surface area contributed by atoms with Crippen LogP contribution < -0.4 is 14.4 Å². The van der Waals surface area contributed by atoms with Gasteiger partial charge >= 0.3 is 0 Å². The zero-order valence-electron chi connectivity index (χ0n) is 23.8. The summed E-state index contributed by atoms with van der Waals surface area (Å²) in [7, 11) is -2.51. The molecule has 0 aliphatic carbocycles. The molecule has 3 aromatic rings. The molecule has 0 bridgehead atoms. The van der Waals surface area contributed by atoms with Crippen molar-refractivity contribution in [2.75, 3.05) is 18.0 Å². The zero-order chi connectivity index (χ0) is 29.3. The molecule has 0 radical (unpaired) electrons. The van der Waals surface area contributed by atoms with E-state index in [1.165, 1.54) is 17.0 Å². The molecule has 0 unspecified atom stereocenters. The van der Waals surface area contributed by atoms with Gasteiger partial charge in [-0.3, -0.25) is 13.9 Å². The minimum absolute atomic E-state index is 0.0674. The van der Waals surface area contributed by atoms with Crippen LogP contribution in [0.1, 0.15) is 44.7 Å². The predicted octanol–water partition coefficient (Wildman–Crippen LogP) is 4.92. The van der Waals surface area contributed by atoms with Gasteiger partial charge in [0.1, 0.15) is 18.3 Å². The number of benzene rings is 3. The lowest BCUT2D eigenvalue weighted by atomic mass is 10.1. The highest BCUT2D eigenvalue weighted by Gasteiger charge is 2.33. The van der Waals surface area contributed by atoms with E-state index in [1.54, 1.807) is 61.7 Å². The fourth-order valence-corrected chi connectivity index (χ4v) is 5.66. The Balaban J connectivity index is 2.02. The van der Waals surface area contributed by atoms with Gasteiger partial charge < -0.3 is 15.0 Å². The molecule has 3 aromatic carbocycles. The highest BCUT2D eigenvalue weighted by molar-refractivity contribution is 7.92. The molecule has 40 heavy (non-hydrogen) atoms. The van der Waals surface area contributed by atoms with Crippen LogP contribution in [0.2, 0.25) is 0 Å². The Kier molecular flexibility index (Phi) is 10.7. The summed E-state index contributed by atoms with van der Waals surface area (Å²) in [6, 6.07) is 21.4. The summed E-state index contributed by atoms with van der Waals surface area (Å²) in [6.07, 6.45) is 1.10. The third-order valence-electron chi connectivity index (χ3n) is 6.83. The highest BCUT2D eigenvalue weighted by atomic mass is 32.2. The molecule has 0 fully saturated rings. The third kappa shape index (κ3) is 7.63. The van der Waals surface area contributed by atoms with Crippen molar-refractivity contribution in [3.05, 3.63) is 90.0 Å². The number of methoxy groups -OCH3 is 1. The number of ether oxygens (including phenoxy) is 1. The molecule has 9 heteroatoms. The van der Waals surface area contributed by atoms with E-state index in [9.17, 15) is 18.0 Å². The van der Waals surface area contributed by atoms with Crippen molar-refractivity contribution in [3.63, 3.8) is 0 Å². The molecule has 0 aliphatic heterocycles. The molecule has 0 spiro atoms. The summed E-state index contributed by atoms with van der Waals surface area (Å²) in [4.78, 5) is 28.9. The Bertz CT molecular complexity index is 1360. The number of nitrogens with zero attached hydrogens (tertiary/aromatic N) is 2. The average Bonchev–Trinajstić information content (AvgIpc) is 2.96. The second kappa shape index (κ2) is 14.0. The quantitative estimate of drug-likeness (QED) is 0.317. The summed E-state index contributed by atoms with van der Waals surface area (Å²) in [6.45, 7) is 7.26. The summed E-state index contributed by atoms with van der Waals surface area (Å²) in [5, 5.41) is 2.98. The van der Waals surface area contributed by atoms with Gasteiger partial charge in [-0.15, -0.1) is 0 Å². The normalized spacial score (nSPS) is 12.7. The van der Waals surface area contributed by atoms with Crippen LogP contribution in [0.5, 0.6) is 5.75 Å². The van der Waals surface area contributed by atoms with E-state index < -0.39 is 28.5 Å². The van der Waals surface area contributed by atoms with Crippen molar-refractivity contribution in [1.82, 2.24) is 10.2 Å². The number of carbonyl (C=O) groups is 2. The maximum Gasteiger partial charge on any atom is 0.264 e. The average molecular weight is 566 g/mol. The minimum atomic E-state index is -4.09. The van der Waals surface area contributed by atoms with Crippen molar-refractivity contribution in [3.8, 4) is 5.75 Å². The number of aryl methyl sites for hydroxylation is 1. The van der Waals surface area contributed by atoms with Crippen LogP contribution in [-0.2, 0) is 26.2 Å². The van der Waals surface area contributed by atoms with Crippen LogP contribution in [0, 0.1) is 6.92 Å². The summed E-state index contributed by atoms with van der Waals surface area (Å²) < 4.78 is 34.1. The number of sulfonamides is 1. The Morgan fingerprint density at radius 3 is 2.08 bits per heavy atom. The van der Waals surface area contributed by atoms with Crippen LogP contribution in [0.15, 0.2) is 83.8 Å². The molecule has 2 atom stereocenters. The molecule has 2 amide bonds. The third-order valence-corrected chi connectivity index (χ3v) is 8.62. The lowest BCUT2D eigenvalue weighted by molar-refractivity contribution is -0.140. The molecule has 0 saturated carbocycles. The summed E-state index contributed by atoms with van der Waals surface area (Å²) >= 11 is 0. The fraction of sp³-hybridized carbons (Fsp3) is 0.355. The molecule has 1 N–H and O–H groups in total. The summed E-state index contributed by atoms with van der Waals surface area (Å²) in [5.74, 6) is -0.0875. The zero-order valence-corrected chi connectivity index (χ0v) is 24.6. The van der Waals surface area contributed by atoms with Crippen LogP contribution in [0.3, 0.4) is 0 Å². The van der Waals surface area contributed by atoms with Crippen LogP contribution >= 0.6 is 0 Å². The molecule has 0 saturated heterocycles. The number of para-hydroxylation sites is 1. The van der Waals surface area contributed by atoms with E-state index in [2.05, 4.69) is 5.32 Å². The first kappa shape index (κ1) is 30.7. The van der Waals surface area contributed by atoms with Gasteiger partial charge in [0.15, 0.2) is 0 Å². The standard InChI is InChI=1S/C31H39N3O5S/c1-6-24(4)32-31(36)29(7-2)33(21-25-15-17-27(39-5)18-16-25)30(35)22-34(26-11-9-8-10-12-26)40(37,38)28-19-13-23(3)14-20-28/h8-20,24,29H,6-7,21-22H2,1-5H3,(H,32,36)/t24-,29-/m1/s1. The van der Waals surface area contributed by atoms with Crippen molar-refractivity contribution in [2.45, 2.75) is 64.1 Å². The van der Waals surface area contributed by atoms with E-state index in [0.29, 0.717) is 17.9 Å². The number of carbonyl (C=O) groups excluding carboxylic acids is 2. The smallest absolute Gasteiger partial charge is 0.264 e. The monoisotopic (exact) mass is 565 g/mol. The maximum atomic E-state index is 14.1. The Morgan fingerprint density at radius 2 is 1.52 bits per heavy atom. The van der Waals surface area contributed by atoms with Gasteiger partial charge in [-0.25, -0.2) is 8.42 Å². The Morgan fingerprint density at radius 1 is 0.900 bits per heavy atom. The van der Waals surface area contributed by atoms with Gasteiger partial charge in [-0.2, -0.15) is 0 Å². The Labute approximate surface area is 238 Å². The molecule has 8 nitrogen and oxygen atoms in total. The molecule has 0 aromatic heterocycles. The van der Waals surface area contributed by atoms with E-state index in [-0.39, 0.29) is 23.4 Å². The first-order valence-electron chi connectivity index (χ1n) is 13.5. The number of hydrogen-bond donors (Lipinski definition) is 1. The lowest BCUT2D eigenvalue weighted by Gasteiger charge is -2.33. The van der Waals surface area contributed by atoms with E-state index in [0.717, 1.165) is 21.9 Å². The number of anilines is 1. The highest BCUT2D eigenvalue weighted by Crippen LogP contribution is 2.25. The number of hydrogen-bond acceptors (Lipinski definition) is 5. The predicted molar refractivity (Wildman–Crippen MR) is 158 cm³/mol. The number of nitrogens with one attached hydrogen (secondary N) is 1. The molecule has 0 aliphatic rings.